The number of fused-ring (bicyclic) bond motifs is 7. The van der Waals surface area contributed by atoms with E-state index in [9.17, 15) is 0 Å². The van der Waals surface area contributed by atoms with Crippen LogP contribution in [0.4, 0.5) is 0 Å². The van der Waals surface area contributed by atoms with Gasteiger partial charge in [0, 0.05) is 24.5 Å². The summed E-state index contributed by atoms with van der Waals surface area (Å²) in [5.41, 5.74) is 5.15. The van der Waals surface area contributed by atoms with E-state index < -0.39 is 0 Å². The van der Waals surface area contributed by atoms with Crippen molar-refractivity contribution in [2.24, 2.45) is 0 Å². The molecule has 0 spiro atoms. The standard InChI is InChI=1S/C14H9N4O/c1-2-10-11(16-4-1)7-17-13-12(19-14(10)17)6-9-3-5-15-8-18(9)13/h1-6,8H,7H2/q+1. The van der Waals surface area contributed by atoms with Crippen molar-refractivity contribution in [2.45, 2.75) is 6.54 Å². The highest BCUT2D eigenvalue weighted by Crippen LogP contribution is 2.30. The maximum Gasteiger partial charge on any atom is 0.335 e. The third kappa shape index (κ3) is 1.03. The summed E-state index contributed by atoms with van der Waals surface area (Å²) < 4.78 is 10.2. The molecule has 0 fully saturated rings. The molecule has 0 aliphatic carbocycles. The average Bonchev–Trinajstić information content (AvgIpc) is 3.05. The summed E-state index contributed by atoms with van der Waals surface area (Å²) in [6.07, 6.45) is 5.42. The van der Waals surface area contributed by atoms with Gasteiger partial charge in [0.15, 0.2) is 6.33 Å². The van der Waals surface area contributed by atoms with E-state index in [0.29, 0.717) is 0 Å². The van der Waals surface area contributed by atoms with Gasteiger partial charge < -0.3 is 4.42 Å². The van der Waals surface area contributed by atoms with E-state index >= 15 is 0 Å². The molecule has 0 unspecified atom stereocenters. The van der Waals surface area contributed by atoms with Gasteiger partial charge in [-0.25, -0.2) is 4.98 Å². The molecule has 4 aromatic heterocycles. The molecular weight excluding hydrogens is 240 g/mol. The summed E-state index contributed by atoms with van der Waals surface area (Å²) in [7, 11) is 0. The summed E-state index contributed by atoms with van der Waals surface area (Å²) in [5, 5.41) is 0. The van der Waals surface area contributed by atoms with Gasteiger partial charge in [-0.1, -0.05) is 0 Å². The van der Waals surface area contributed by atoms with Crippen molar-refractivity contribution < 1.29 is 8.98 Å². The largest absolute Gasteiger partial charge is 0.414 e. The minimum absolute atomic E-state index is 0.750. The van der Waals surface area contributed by atoms with Gasteiger partial charge >= 0.3 is 5.65 Å². The summed E-state index contributed by atoms with van der Waals surface area (Å²) >= 11 is 0. The first kappa shape index (κ1) is 9.27. The van der Waals surface area contributed by atoms with Crippen LogP contribution < -0.4 is 4.57 Å². The van der Waals surface area contributed by atoms with Gasteiger partial charge in [0.1, 0.15) is 12.1 Å². The van der Waals surface area contributed by atoms with Crippen LogP contribution in [0.5, 0.6) is 0 Å². The van der Waals surface area contributed by atoms with E-state index in [-0.39, 0.29) is 0 Å². The predicted molar refractivity (Wildman–Crippen MR) is 67.5 cm³/mol. The van der Waals surface area contributed by atoms with Crippen LogP contribution in [0, 0.1) is 0 Å². The van der Waals surface area contributed by atoms with E-state index in [1.165, 1.54) is 0 Å². The normalized spacial score (nSPS) is 13.1. The zero-order valence-corrected chi connectivity index (χ0v) is 9.95. The van der Waals surface area contributed by atoms with Gasteiger partial charge in [-0.15, -0.1) is 0 Å². The van der Waals surface area contributed by atoms with Crippen molar-refractivity contribution in [3.05, 3.63) is 48.7 Å². The van der Waals surface area contributed by atoms with E-state index in [1.807, 2.05) is 35.1 Å². The Hall–Kier alpha value is -2.69. The number of rotatable bonds is 0. The first-order valence-corrected chi connectivity index (χ1v) is 6.13. The molecule has 1 aliphatic rings. The molecule has 0 aromatic carbocycles. The smallest absolute Gasteiger partial charge is 0.335 e. The monoisotopic (exact) mass is 249 g/mol. The minimum Gasteiger partial charge on any atom is -0.414 e. The van der Waals surface area contributed by atoms with E-state index in [0.717, 1.165) is 40.4 Å². The van der Waals surface area contributed by atoms with Crippen molar-refractivity contribution in [2.75, 3.05) is 0 Å². The Morgan fingerprint density at radius 1 is 1.26 bits per heavy atom. The van der Waals surface area contributed by atoms with Crippen LogP contribution in [0.3, 0.4) is 0 Å². The number of oxazole rings is 1. The molecule has 0 amide bonds. The Labute approximate surface area is 107 Å². The molecule has 5 rings (SSSR count). The Balaban J connectivity index is 1.94. The molecule has 5 heterocycles. The minimum atomic E-state index is 0.750. The second kappa shape index (κ2) is 3.00. The lowest BCUT2D eigenvalue weighted by molar-refractivity contribution is -0.652. The molecule has 90 valence electrons. The van der Waals surface area contributed by atoms with Gasteiger partial charge in [-0.2, -0.15) is 8.97 Å². The van der Waals surface area contributed by atoms with E-state index in [1.54, 1.807) is 6.20 Å². The molecule has 0 bridgehead atoms. The fraction of sp³-hybridized carbons (Fsp3) is 0.0714. The highest BCUT2D eigenvalue weighted by atomic mass is 16.4. The van der Waals surface area contributed by atoms with Crippen molar-refractivity contribution >= 4 is 16.7 Å². The van der Waals surface area contributed by atoms with Crippen LogP contribution in [0.15, 0.2) is 47.4 Å². The van der Waals surface area contributed by atoms with Crippen LogP contribution >= 0.6 is 0 Å². The molecule has 0 atom stereocenters. The zero-order valence-electron chi connectivity index (χ0n) is 9.95. The predicted octanol–water partition coefficient (Wildman–Crippen LogP) is 1.79. The molecular formula is C14H9N4O+. The third-order valence-corrected chi connectivity index (χ3v) is 3.66. The SMILES string of the molecule is c1cnc2c(c1)-c1oc3cc4ccncn4c3[n+]1C2. The van der Waals surface area contributed by atoms with Crippen molar-refractivity contribution in [1.82, 2.24) is 14.4 Å². The second-order valence-corrected chi connectivity index (χ2v) is 4.70. The summed E-state index contributed by atoms with van der Waals surface area (Å²) in [6.45, 7) is 0.750. The molecule has 0 radical (unpaired) electrons. The maximum absolute atomic E-state index is 6.00. The molecule has 1 aliphatic heterocycles. The van der Waals surface area contributed by atoms with Gasteiger partial charge in [0.2, 0.25) is 5.58 Å². The quantitative estimate of drug-likeness (QED) is 0.393. The second-order valence-electron chi connectivity index (χ2n) is 4.70. The van der Waals surface area contributed by atoms with Crippen molar-refractivity contribution in [1.29, 1.82) is 0 Å². The van der Waals surface area contributed by atoms with Crippen molar-refractivity contribution in [3.8, 4) is 11.5 Å². The van der Waals surface area contributed by atoms with Crippen LogP contribution in [-0.2, 0) is 6.54 Å². The highest BCUT2D eigenvalue weighted by molar-refractivity contribution is 5.78. The zero-order chi connectivity index (χ0) is 12.4. The maximum atomic E-state index is 6.00. The van der Waals surface area contributed by atoms with Crippen LogP contribution in [0.2, 0.25) is 0 Å². The lowest BCUT2D eigenvalue weighted by Gasteiger charge is -1.90. The number of hydrogen-bond acceptors (Lipinski definition) is 3. The van der Waals surface area contributed by atoms with Crippen molar-refractivity contribution in [3.63, 3.8) is 0 Å². The van der Waals surface area contributed by atoms with Crippen LogP contribution in [-0.4, -0.2) is 14.4 Å². The topological polar surface area (TPSA) is 47.2 Å². The van der Waals surface area contributed by atoms with Crippen LogP contribution in [0.1, 0.15) is 5.69 Å². The lowest BCUT2D eigenvalue weighted by atomic mass is 10.2. The molecule has 0 saturated carbocycles. The molecule has 5 heteroatoms. The Morgan fingerprint density at radius 3 is 3.26 bits per heavy atom. The number of pyridine rings is 1. The number of nitrogens with zero attached hydrogens (tertiary/aromatic N) is 4. The Bertz CT molecular complexity index is 951. The van der Waals surface area contributed by atoms with E-state index in [4.69, 9.17) is 4.42 Å². The first-order valence-electron chi connectivity index (χ1n) is 6.13. The Kier molecular flexibility index (Phi) is 1.46. The summed E-state index contributed by atoms with van der Waals surface area (Å²) in [5.74, 6) is 0.881. The molecule has 0 saturated heterocycles. The number of hydrogen-bond donors (Lipinski definition) is 0. The van der Waals surface area contributed by atoms with Gasteiger partial charge in [-0.05, 0) is 12.1 Å². The van der Waals surface area contributed by atoms with Gasteiger partial charge in [-0.3, -0.25) is 4.98 Å². The molecule has 5 nitrogen and oxygen atoms in total. The molecule has 19 heavy (non-hydrogen) atoms. The number of aromatic nitrogens is 4. The fourth-order valence-corrected chi connectivity index (χ4v) is 2.83. The first-order chi connectivity index (χ1) is 9.42. The highest BCUT2D eigenvalue weighted by Gasteiger charge is 2.33. The lowest BCUT2D eigenvalue weighted by Crippen LogP contribution is -2.31. The summed E-state index contributed by atoms with van der Waals surface area (Å²) in [4.78, 5) is 8.59. The Morgan fingerprint density at radius 2 is 2.26 bits per heavy atom. The average molecular weight is 249 g/mol. The van der Waals surface area contributed by atoms with Crippen LogP contribution in [0.25, 0.3) is 28.2 Å². The third-order valence-electron chi connectivity index (χ3n) is 3.66. The fourth-order valence-electron chi connectivity index (χ4n) is 2.83. The van der Waals surface area contributed by atoms with Gasteiger partial charge in [0.25, 0.3) is 5.89 Å². The van der Waals surface area contributed by atoms with Gasteiger partial charge in [0.05, 0.1) is 11.3 Å². The summed E-state index contributed by atoms with van der Waals surface area (Å²) in [6, 6.07) is 8.00. The molecule has 4 aromatic rings. The van der Waals surface area contributed by atoms with E-state index in [2.05, 4.69) is 20.6 Å². The molecule has 0 N–H and O–H groups in total.